The molecule has 0 amide bonds. The smallest absolute Gasteiger partial charge is 0.227 e. The van der Waals surface area contributed by atoms with Crippen molar-refractivity contribution >= 4 is 28.4 Å². The number of nitrogen functional groups attached to an aromatic ring is 1. The molecule has 1 heterocycles. The summed E-state index contributed by atoms with van der Waals surface area (Å²) in [5.74, 6) is 3.11. The number of benzene rings is 1. The quantitative estimate of drug-likeness (QED) is 0.842. The van der Waals surface area contributed by atoms with Crippen LogP contribution in [0.2, 0.25) is 0 Å². The molecular formula is C14H14IN3O. The number of ether oxygens (including phenoxy) is 1. The summed E-state index contributed by atoms with van der Waals surface area (Å²) in [5, 5.41) is 0. The molecule has 1 aliphatic rings. The minimum absolute atomic E-state index is 0.460. The lowest BCUT2D eigenvalue weighted by atomic mass is 10.3. The minimum atomic E-state index is 0.460. The first-order chi connectivity index (χ1) is 9.13. The Morgan fingerprint density at radius 2 is 1.89 bits per heavy atom. The van der Waals surface area contributed by atoms with Crippen LogP contribution in [0.25, 0.3) is 0 Å². The van der Waals surface area contributed by atoms with Crippen molar-refractivity contribution in [3.05, 3.63) is 39.2 Å². The molecule has 0 spiro atoms. The SMILES string of the molecule is Cc1c(N)nc(C2CC2)nc1Oc1ccc(I)cc1. The number of aromatic nitrogens is 2. The molecular weight excluding hydrogens is 353 g/mol. The molecule has 1 fully saturated rings. The summed E-state index contributed by atoms with van der Waals surface area (Å²) >= 11 is 2.26. The van der Waals surface area contributed by atoms with Gasteiger partial charge >= 0.3 is 0 Å². The van der Waals surface area contributed by atoms with E-state index >= 15 is 0 Å². The highest BCUT2D eigenvalue weighted by atomic mass is 127. The van der Waals surface area contributed by atoms with Crippen LogP contribution in [0, 0.1) is 10.5 Å². The Morgan fingerprint density at radius 3 is 2.53 bits per heavy atom. The third kappa shape index (κ3) is 2.80. The van der Waals surface area contributed by atoms with Gasteiger partial charge in [0.25, 0.3) is 0 Å². The van der Waals surface area contributed by atoms with Gasteiger partial charge in [0.1, 0.15) is 17.4 Å². The molecule has 1 aliphatic carbocycles. The highest BCUT2D eigenvalue weighted by molar-refractivity contribution is 14.1. The van der Waals surface area contributed by atoms with E-state index in [9.17, 15) is 0 Å². The molecule has 98 valence electrons. The van der Waals surface area contributed by atoms with Crippen LogP contribution < -0.4 is 10.5 Å². The molecule has 2 aromatic rings. The summed E-state index contributed by atoms with van der Waals surface area (Å²) in [6.45, 7) is 1.88. The maximum absolute atomic E-state index is 5.93. The molecule has 0 unspecified atom stereocenters. The van der Waals surface area contributed by atoms with Crippen molar-refractivity contribution in [2.24, 2.45) is 0 Å². The maximum atomic E-state index is 5.93. The summed E-state index contributed by atoms with van der Waals surface area (Å²) in [7, 11) is 0. The van der Waals surface area contributed by atoms with Crippen LogP contribution in [0.5, 0.6) is 11.6 Å². The maximum Gasteiger partial charge on any atom is 0.227 e. The average molecular weight is 367 g/mol. The number of halogens is 1. The molecule has 5 heteroatoms. The van der Waals surface area contributed by atoms with E-state index in [0.717, 1.165) is 30.0 Å². The number of hydrogen-bond acceptors (Lipinski definition) is 4. The van der Waals surface area contributed by atoms with Crippen molar-refractivity contribution in [1.29, 1.82) is 0 Å². The predicted octanol–water partition coefficient (Wildman–Crippen LogP) is 3.64. The van der Waals surface area contributed by atoms with Gasteiger partial charge in [0, 0.05) is 9.49 Å². The molecule has 19 heavy (non-hydrogen) atoms. The topological polar surface area (TPSA) is 61.0 Å². The van der Waals surface area contributed by atoms with Gasteiger partial charge in [-0.2, -0.15) is 4.98 Å². The van der Waals surface area contributed by atoms with Crippen molar-refractivity contribution in [2.75, 3.05) is 5.73 Å². The van der Waals surface area contributed by atoms with Crippen LogP contribution >= 0.6 is 22.6 Å². The van der Waals surface area contributed by atoms with Crippen molar-refractivity contribution in [3.8, 4) is 11.6 Å². The van der Waals surface area contributed by atoms with E-state index in [4.69, 9.17) is 10.5 Å². The fourth-order valence-electron chi connectivity index (χ4n) is 1.77. The first kappa shape index (κ1) is 12.7. The second kappa shape index (κ2) is 4.96. The van der Waals surface area contributed by atoms with Crippen LogP contribution in [0.4, 0.5) is 5.82 Å². The van der Waals surface area contributed by atoms with Gasteiger partial charge in [0.05, 0.1) is 5.56 Å². The normalized spacial score (nSPS) is 14.4. The number of anilines is 1. The van der Waals surface area contributed by atoms with E-state index in [2.05, 4.69) is 32.6 Å². The molecule has 1 aromatic carbocycles. The van der Waals surface area contributed by atoms with E-state index in [1.807, 2.05) is 31.2 Å². The van der Waals surface area contributed by atoms with Gasteiger partial charge in [-0.15, -0.1) is 0 Å². The van der Waals surface area contributed by atoms with Gasteiger partial charge < -0.3 is 10.5 Å². The highest BCUT2D eigenvalue weighted by Crippen LogP contribution is 2.40. The Kier molecular flexibility index (Phi) is 3.30. The zero-order valence-corrected chi connectivity index (χ0v) is 12.7. The Bertz CT molecular complexity index is 609. The van der Waals surface area contributed by atoms with E-state index < -0.39 is 0 Å². The highest BCUT2D eigenvalue weighted by Gasteiger charge is 2.28. The van der Waals surface area contributed by atoms with Crippen molar-refractivity contribution in [3.63, 3.8) is 0 Å². The summed E-state index contributed by atoms with van der Waals surface area (Å²) in [4.78, 5) is 8.83. The summed E-state index contributed by atoms with van der Waals surface area (Å²) in [5.41, 5.74) is 6.73. The summed E-state index contributed by atoms with van der Waals surface area (Å²) in [6, 6.07) is 7.85. The lowest BCUT2D eigenvalue weighted by molar-refractivity contribution is 0.455. The van der Waals surface area contributed by atoms with Crippen LogP contribution in [-0.2, 0) is 0 Å². The molecule has 2 N–H and O–H groups in total. The van der Waals surface area contributed by atoms with Gasteiger partial charge in [0.15, 0.2) is 0 Å². The van der Waals surface area contributed by atoms with E-state index in [-0.39, 0.29) is 0 Å². The molecule has 4 nitrogen and oxygen atoms in total. The van der Waals surface area contributed by atoms with Crippen LogP contribution in [0.3, 0.4) is 0 Å². The first-order valence-corrected chi connectivity index (χ1v) is 7.29. The van der Waals surface area contributed by atoms with Gasteiger partial charge in [-0.25, -0.2) is 4.98 Å². The predicted molar refractivity (Wildman–Crippen MR) is 82.4 cm³/mol. The summed E-state index contributed by atoms with van der Waals surface area (Å²) < 4.78 is 7.00. The second-order valence-electron chi connectivity index (χ2n) is 4.73. The number of nitrogens with zero attached hydrogens (tertiary/aromatic N) is 2. The largest absolute Gasteiger partial charge is 0.439 e. The van der Waals surface area contributed by atoms with E-state index in [1.165, 1.54) is 3.57 Å². The third-order valence-electron chi connectivity index (χ3n) is 3.13. The molecule has 0 atom stereocenters. The number of nitrogens with two attached hydrogens (primary N) is 1. The van der Waals surface area contributed by atoms with Crippen LogP contribution in [-0.4, -0.2) is 9.97 Å². The molecule has 3 rings (SSSR count). The number of rotatable bonds is 3. The molecule has 0 radical (unpaired) electrons. The minimum Gasteiger partial charge on any atom is -0.439 e. The fourth-order valence-corrected chi connectivity index (χ4v) is 2.13. The summed E-state index contributed by atoms with van der Waals surface area (Å²) in [6.07, 6.45) is 2.29. The fraction of sp³-hybridized carbons (Fsp3) is 0.286. The Morgan fingerprint density at radius 1 is 1.21 bits per heavy atom. The van der Waals surface area contributed by atoms with Crippen molar-refractivity contribution in [1.82, 2.24) is 9.97 Å². The lowest BCUT2D eigenvalue weighted by Crippen LogP contribution is -2.04. The molecule has 0 saturated heterocycles. The molecule has 1 saturated carbocycles. The molecule has 1 aromatic heterocycles. The Labute approximate surface area is 125 Å². The van der Waals surface area contributed by atoms with Gasteiger partial charge in [-0.3, -0.25) is 0 Å². The Balaban J connectivity index is 1.92. The van der Waals surface area contributed by atoms with Gasteiger partial charge in [0.2, 0.25) is 5.88 Å². The standard InChI is InChI=1S/C14H14IN3O/c1-8-12(16)17-13(9-2-3-9)18-14(8)19-11-6-4-10(15)5-7-11/h4-7,9H,2-3H2,1H3,(H2,16,17,18). The van der Waals surface area contributed by atoms with Gasteiger partial charge in [-0.05, 0) is 66.6 Å². The lowest BCUT2D eigenvalue weighted by Gasteiger charge is -2.10. The van der Waals surface area contributed by atoms with Crippen LogP contribution in [0.1, 0.15) is 30.1 Å². The zero-order chi connectivity index (χ0) is 13.4. The van der Waals surface area contributed by atoms with Crippen molar-refractivity contribution < 1.29 is 4.74 Å². The van der Waals surface area contributed by atoms with E-state index in [0.29, 0.717) is 17.6 Å². The first-order valence-electron chi connectivity index (χ1n) is 6.21. The zero-order valence-electron chi connectivity index (χ0n) is 10.6. The number of hydrogen-bond donors (Lipinski definition) is 1. The second-order valence-corrected chi connectivity index (χ2v) is 5.97. The monoisotopic (exact) mass is 367 g/mol. The van der Waals surface area contributed by atoms with E-state index in [1.54, 1.807) is 0 Å². The Hall–Kier alpha value is -1.37. The average Bonchev–Trinajstić information content (AvgIpc) is 3.21. The van der Waals surface area contributed by atoms with Crippen molar-refractivity contribution in [2.45, 2.75) is 25.7 Å². The van der Waals surface area contributed by atoms with Crippen LogP contribution in [0.15, 0.2) is 24.3 Å². The molecule has 0 bridgehead atoms. The molecule has 0 aliphatic heterocycles. The third-order valence-corrected chi connectivity index (χ3v) is 3.85. The van der Waals surface area contributed by atoms with Gasteiger partial charge in [-0.1, -0.05) is 0 Å².